The monoisotopic (exact) mass is 506 g/mol. The van der Waals surface area contributed by atoms with Gasteiger partial charge >= 0.3 is 0 Å². The zero-order chi connectivity index (χ0) is 24.2. The number of benzene rings is 2. The van der Waals surface area contributed by atoms with E-state index in [1.165, 1.54) is 50.3 Å². The Hall–Kier alpha value is -2.24. The molecule has 5 aliphatic rings. The summed E-state index contributed by atoms with van der Waals surface area (Å²) in [5.74, 6) is 2.30. The summed E-state index contributed by atoms with van der Waals surface area (Å²) in [4.78, 5) is 30.1. The van der Waals surface area contributed by atoms with Gasteiger partial charge in [-0.1, -0.05) is 47.6 Å². The van der Waals surface area contributed by atoms with E-state index in [0.29, 0.717) is 9.93 Å². The van der Waals surface area contributed by atoms with Crippen LogP contribution in [0.2, 0.25) is 5.02 Å². The Morgan fingerprint density at radius 1 is 1.11 bits per heavy atom. The second kappa shape index (κ2) is 9.01. The molecule has 6 heteroatoms. The summed E-state index contributed by atoms with van der Waals surface area (Å²) in [7, 11) is 0. The predicted molar refractivity (Wildman–Crippen MR) is 142 cm³/mol. The van der Waals surface area contributed by atoms with E-state index in [1.807, 2.05) is 54.6 Å². The highest BCUT2D eigenvalue weighted by atomic mass is 35.5. The molecule has 2 aromatic rings. The van der Waals surface area contributed by atoms with Gasteiger partial charge < -0.3 is 5.32 Å². The van der Waals surface area contributed by atoms with E-state index < -0.39 is 0 Å². The first-order chi connectivity index (χ1) is 16.9. The number of rotatable bonds is 5. The number of carbonyl (C=O) groups excluding carboxylic acids is 2. The van der Waals surface area contributed by atoms with Gasteiger partial charge in [0.2, 0.25) is 5.91 Å². The summed E-state index contributed by atoms with van der Waals surface area (Å²) in [6, 6.07) is 15.4. The van der Waals surface area contributed by atoms with Gasteiger partial charge in [0.25, 0.3) is 5.91 Å². The van der Waals surface area contributed by atoms with Gasteiger partial charge in [-0.15, -0.1) is 0 Å². The van der Waals surface area contributed by atoms with E-state index in [-0.39, 0.29) is 29.8 Å². The topological polar surface area (TPSA) is 49.4 Å². The minimum atomic E-state index is -0.147. The van der Waals surface area contributed by atoms with Crippen LogP contribution in [0.3, 0.4) is 0 Å². The van der Waals surface area contributed by atoms with Gasteiger partial charge in [0.15, 0.2) is 0 Å². The molecule has 4 bridgehead atoms. The number of halogens is 1. The lowest BCUT2D eigenvalue weighted by molar-refractivity contribution is -0.126. The summed E-state index contributed by atoms with van der Waals surface area (Å²) in [5, 5.41) is 3.96. The highest BCUT2D eigenvalue weighted by Crippen LogP contribution is 2.61. The Labute approximate surface area is 216 Å². The van der Waals surface area contributed by atoms with Crippen molar-refractivity contribution in [3.8, 4) is 0 Å². The van der Waals surface area contributed by atoms with Crippen molar-refractivity contribution in [2.75, 3.05) is 11.4 Å². The molecule has 0 aromatic heterocycles. The van der Waals surface area contributed by atoms with Gasteiger partial charge in [-0.3, -0.25) is 14.5 Å². The van der Waals surface area contributed by atoms with Gasteiger partial charge in [0.1, 0.15) is 6.54 Å². The molecule has 7 rings (SSSR count). The van der Waals surface area contributed by atoms with Crippen LogP contribution in [0.1, 0.15) is 51.0 Å². The quantitative estimate of drug-likeness (QED) is 0.468. The van der Waals surface area contributed by atoms with Crippen LogP contribution in [0.25, 0.3) is 6.08 Å². The maximum atomic E-state index is 13.5. The molecule has 0 radical (unpaired) electrons. The summed E-state index contributed by atoms with van der Waals surface area (Å²) in [6.07, 6.45) is 9.76. The fourth-order valence-electron chi connectivity index (χ4n) is 7.46. The SMILES string of the molecule is CC(NC(=O)CN1C(=O)/C(=C/c2cccc(Cl)c2)Sc2ccccc21)C12CC3CC(CC(C3)C1)C2. The Balaban J connectivity index is 1.21. The van der Waals surface area contributed by atoms with Crippen LogP contribution in [-0.4, -0.2) is 24.4 Å². The lowest BCUT2D eigenvalue weighted by atomic mass is 9.48. The number of hydrogen-bond acceptors (Lipinski definition) is 3. The molecular formula is C29H31ClN2O2S. The van der Waals surface area contributed by atoms with Gasteiger partial charge in [-0.05, 0) is 105 Å². The summed E-state index contributed by atoms with van der Waals surface area (Å²) >= 11 is 7.60. The smallest absolute Gasteiger partial charge is 0.265 e. The lowest BCUT2D eigenvalue weighted by Crippen LogP contribution is -2.57. The van der Waals surface area contributed by atoms with E-state index in [1.54, 1.807) is 4.90 Å². The third-order valence-corrected chi connectivity index (χ3v) is 9.97. The van der Waals surface area contributed by atoms with Crippen LogP contribution in [0, 0.1) is 23.2 Å². The van der Waals surface area contributed by atoms with Crippen LogP contribution in [0.15, 0.2) is 58.3 Å². The second-order valence-electron chi connectivity index (χ2n) is 11.1. The number of anilines is 1. The number of nitrogens with zero attached hydrogens (tertiary/aromatic N) is 1. The molecule has 2 amide bonds. The van der Waals surface area contributed by atoms with Crippen molar-refractivity contribution in [1.82, 2.24) is 5.32 Å². The van der Waals surface area contributed by atoms with Crippen molar-refractivity contribution in [3.05, 3.63) is 64.0 Å². The molecule has 35 heavy (non-hydrogen) atoms. The number of hydrogen-bond donors (Lipinski definition) is 1. The van der Waals surface area contributed by atoms with E-state index >= 15 is 0 Å². The van der Waals surface area contributed by atoms with Gasteiger partial charge in [0, 0.05) is 16.0 Å². The van der Waals surface area contributed by atoms with Gasteiger partial charge in [-0.2, -0.15) is 0 Å². The predicted octanol–water partition coefficient (Wildman–Crippen LogP) is 6.54. The molecule has 1 unspecified atom stereocenters. The van der Waals surface area contributed by atoms with Crippen molar-refractivity contribution in [2.45, 2.75) is 56.4 Å². The molecule has 4 fully saturated rings. The van der Waals surface area contributed by atoms with Crippen molar-refractivity contribution >= 4 is 46.9 Å². The van der Waals surface area contributed by atoms with Crippen LogP contribution in [-0.2, 0) is 9.59 Å². The Morgan fingerprint density at radius 2 is 1.80 bits per heavy atom. The summed E-state index contributed by atoms with van der Waals surface area (Å²) in [5.41, 5.74) is 1.90. The number of amides is 2. The fraction of sp³-hybridized carbons (Fsp3) is 0.448. The van der Waals surface area contributed by atoms with Crippen molar-refractivity contribution in [2.24, 2.45) is 23.2 Å². The summed E-state index contributed by atoms with van der Waals surface area (Å²) in [6.45, 7) is 2.22. The van der Waals surface area contributed by atoms with Crippen LogP contribution in [0.4, 0.5) is 5.69 Å². The van der Waals surface area contributed by atoms with E-state index in [0.717, 1.165) is 33.9 Å². The number of carbonyl (C=O) groups is 2. The summed E-state index contributed by atoms with van der Waals surface area (Å²) < 4.78 is 0. The zero-order valence-corrected chi connectivity index (χ0v) is 21.6. The highest BCUT2D eigenvalue weighted by molar-refractivity contribution is 8.04. The molecular weight excluding hydrogens is 476 g/mol. The molecule has 1 atom stereocenters. The van der Waals surface area contributed by atoms with Crippen molar-refractivity contribution < 1.29 is 9.59 Å². The highest BCUT2D eigenvalue weighted by Gasteiger charge is 2.53. The third kappa shape index (κ3) is 4.42. The second-order valence-corrected chi connectivity index (χ2v) is 12.6. The first kappa shape index (κ1) is 23.2. The Bertz CT molecular complexity index is 1170. The van der Waals surface area contributed by atoms with E-state index in [4.69, 9.17) is 11.6 Å². The van der Waals surface area contributed by atoms with E-state index in [2.05, 4.69) is 12.2 Å². The Kier molecular flexibility index (Phi) is 5.96. The third-order valence-electron chi connectivity index (χ3n) is 8.66. The molecule has 1 aliphatic heterocycles. The first-order valence-corrected chi connectivity index (χ1v) is 13.9. The molecule has 4 nitrogen and oxygen atoms in total. The lowest BCUT2D eigenvalue weighted by Gasteiger charge is -2.59. The zero-order valence-electron chi connectivity index (χ0n) is 20.0. The average molecular weight is 507 g/mol. The molecule has 4 saturated carbocycles. The number of nitrogens with one attached hydrogen (secondary N) is 1. The normalized spacial score (nSPS) is 30.9. The minimum Gasteiger partial charge on any atom is -0.352 e. The van der Waals surface area contributed by atoms with Crippen LogP contribution >= 0.6 is 23.4 Å². The maximum absolute atomic E-state index is 13.5. The number of thioether (sulfide) groups is 1. The Morgan fingerprint density at radius 3 is 2.49 bits per heavy atom. The van der Waals surface area contributed by atoms with Gasteiger partial charge in [0.05, 0.1) is 10.6 Å². The standard InChI is InChI=1S/C29H31ClN2O2S/c1-18(29-14-20-9-21(15-29)11-22(10-20)16-29)31-27(33)17-32-24-7-2-3-8-25(24)35-26(28(32)34)13-19-5-4-6-23(30)12-19/h2-8,12-13,18,20-22H,9-11,14-17H2,1H3,(H,31,33)/b26-13-. The molecule has 2 aromatic carbocycles. The van der Waals surface area contributed by atoms with Gasteiger partial charge in [-0.25, -0.2) is 0 Å². The maximum Gasteiger partial charge on any atom is 0.265 e. The van der Waals surface area contributed by atoms with Crippen LogP contribution in [0.5, 0.6) is 0 Å². The number of fused-ring (bicyclic) bond motifs is 1. The number of para-hydroxylation sites is 1. The molecule has 0 saturated heterocycles. The van der Waals surface area contributed by atoms with Crippen molar-refractivity contribution in [3.63, 3.8) is 0 Å². The fourth-order valence-corrected chi connectivity index (χ4v) is 8.72. The first-order valence-electron chi connectivity index (χ1n) is 12.7. The molecule has 4 aliphatic carbocycles. The largest absolute Gasteiger partial charge is 0.352 e. The minimum absolute atomic E-state index is 0.0278. The molecule has 182 valence electrons. The molecule has 1 N–H and O–H groups in total. The molecule has 1 heterocycles. The van der Waals surface area contributed by atoms with Crippen molar-refractivity contribution in [1.29, 1.82) is 0 Å². The average Bonchev–Trinajstić information content (AvgIpc) is 2.81. The van der Waals surface area contributed by atoms with E-state index in [9.17, 15) is 9.59 Å². The van der Waals surface area contributed by atoms with Crippen LogP contribution < -0.4 is 10.2 Å². The molecule has 0 spiro atoms.